The quantitative estimate of drug-likeness (QED) is 0.842. The van der Waals surface area contributed by atoms with Gasteiger partial charge in [0.25, 0.3) is 0 Å². The van der Waals surface area contributed by atoms with Gasteiger partial charge in [0.2, 0.25) is 0 Å². The third-order valence-electron chi connectivity index (χ3n) is 1.49. The Hall–Kier alpha value is -1.22. The zero-order valence-electron chi connectivity index (χ0n) is 7.95. The van der Waals surface area contributed by atoms with Gasteiger partial charge in [-0.3, -0.25) is 0 Å². The molecule has 4 heteroatoms. The number of hydrogen-bond acceptors (Lipinski definition) is 2. The zero-order chi connectivity index (χ0) is 10.7. The number of ether oxygens (including phenoxy) is 1. The maximum Gasteiger partial charge on any atom is 0.335 e. The van der Waals surface area contributed by atoms with E-state index >= 15 is 0 Å². The number of aromatic carboxylic acids is 1. The van der Waals surface area contributed by atoms with Gasteiger partial charge in [0.05, 0.1) is 11.7 Å². The highest BCUT2D eigenvalue weighted by Crippen LogP contribution is 2.21. The lowest BCUT2D eigenvalue weighted by Gasteiger charge is -2.10. The Bertz CT molecular complexity index is 347. The Labute approximate surface area is 87.3 Å². The summed E-state index contributed by atoms with van der Waals surface area (Å²) in [6, 6.07) is 4.43. The van der Waals surface area contributed by atoms with E-state index in [1.54, 1.807) is 6.07 Å². The van der Waals surface area contributed by atoms with Crippen LogP contribution < -0.4 is 4.74 Å². The van der Waals surface area contributed by atoms with Gasteiger partial charge < -0.3 is 9.84 Å². The van der Waals surface area contributed by atoms with Gasteiger partial charge in [0.1, 0.15) is 5.75 Å². The molecule has 0 saturated carbocycles. The van der Waals surface area contributed by atoms with Gasteiger partial charge in [-0.25, -0.2) is 4.79 Å². The first-order chi connectivity index (χ1) is 6.49. The van der Waals surface area contributed by atoms with Crippen molar-refractivity contribution in [2.45, 2.75) is 20.0 Å². The van der Waals surface area contributed by atoms with Crippen molar-refractivity contribution >= 4 is 17.6 Å². The van der Waals surface area contributed by atoms with Crippen LogP contribution in [0, 0.1) is 0 Å². The van der Waals surface area contributed by atoms with E-state index < -0.39 is 5.97 Å². The molecule has 3 nitrogen and oxygen atoms in total. The van der Waals surface area contributed by atoms with Crippen molar-refractivity contribution in [3.63, 3.8) is 0 Å². The SMILES string of the molecule is CC(C)Oc1cc(Cl)cc(C(=O)O)c1. The van der Waals surface area contributed by atoms with Crippen molar-refractivity contribution in [3.8, 4) is 5.75 Å². The summed E-state index contributed by atoms with van der Waals surface area (Å²) in [5.74, 6) is -0.536. The molecule has 0 aliphatic rings. The summed E-state index contributed by atoms with van der Waals surface area (Å²) in [6.45, 7) is 3.72. The Morgan fingerprint density at radius 2 is 2.07 bits per heavy atom. The number of benzene rings is 1. The van der Waals surface area contributed by atoms with Crippen LogP contribution in [0.2, 0.25) is 5.02 Å². The summed E-state index contributed by atoms with van der Waals surface area (Å²) in [6.07, 6.45) is -0.00453. The zero-order valence-corrected chi connectivity index (χ0v) is 8.71. The lowest BCUT2D eigenvalue weighted by Crippen LogP contribution is -2.06. The fourth-order valence-electron chi connectivity index (χ4n) is 1.03. The van der Waals surface area contributed by atoms with Crippen LogP contribution in [0.25, 0.3) is 0 Å². The lowest BCUT2D eigenvalue weighted by atomic mass is 10.2. The van der Waals surface area contributed by atoms with E-state index in [9.17, 15) is 4.79 Å². The number of hydrogen-bond donors (Lipinski definition) is 1. The summed E-state index contributed by atoms with van der Waals surface area (Å²) in [4.78, 5) is 10.7. The summed E-state index contributed by atoms with van der Waals surface area (Å²) >= 11 is 5.73. The Balaban J connectivity index is 3.01. The molecular formula is C10H11ClO3. The first kappa shape index (κ1) is 10.9. The smallest absolute Gasteiger partial charge is 0.335 e. The number of carboxylic acids is 1. The molecule has 1 N–H and O–H groups in total. The molecule has 0 spiro atoms. The number of carbonyl (C=O) groups is 1. The highest BCUT2D eigenvalue weighted by Gasteiger charge is 2.07. The van der Waals surface area contributed by atoms with Gasteiger partial charge in [-0.15, -0.1) is 0 Å². The van der Waals surface area contributed by atoms with Crippen LogP contribution in [-0.2, 0) is 0 Å². The number of carboxylic acid groups (broad SMARTS) is 1. The molecular weight excluding hydrogens is 204 g/mol. The van der Waals surface area contributed by atoms with Crippen LogP contribution in [0.1, 0.15) is 24.2 Å². The Morgan fingerprint density at radius 1 is 1.43 bits per heavy atom. The Morgan fingerprint density at radius 3 is 2.57 bits per heavy atom. The maximum absolute atomic E-state index is 10.7. The largest absolute Gasteiger partial charge is 0.491 e. The molecule has 0 radical (unpaired) electrons. The molecule has 1 aromatic rings. The van der Waals surface area contributed by atoms with Gasteiger partial charge in [-0.05, 0) is 32.0 Å². The molecule has 76 valence electrons. The van der Waals surface area contributed by atoms with Crippen molar-refractivity contribution in [3.05, 3.63) is 28.8 Å². The van der Waals surface area contributed by atoms with Gasteiger partial charge in [-0.2, -0.15) is 0 Å². The summed E-state index contributed by atoms with van der Waals surface area (Å²) in [7, 11) is 0. The summed E-state index contributed by atoms with van der Waals surface area (Å²) < 4.78 is 5.34. The van der Waals surface area contributed by atoms with Crippen LogP contribution in [0.15, 0.2) is 18.2 Å². The van der Waals surface area contributed by atoms with Crippen molar-refractivity contribution in [1.29, 1.82) is 0 Å². The van der Waals surface area contributed by atoms with Crippen molar-refractivity contribution in [1.82, 2.24) is 0 Å². The standard InChI is InChI=1S/C10H11ClO3/c1-6(2)14-9-4-7(10(12)13)3-8(11)5-9/h3-6H,1-2H3,(H,12,13). The lowest BCUT2D eigenvalue weighted by molar-refractivity contribution is 0.0696. The number of rotatable bonds is 3. The van der Waals surface area contributed by atoms with E-state index in [0.29, 0.717) is 10.8 Å². The molecule has 0 atom stereocenters. The normalized spacial score (nSPS) is 10.3. The van der Waals surface area contributed by atoms with E-state index in [1.165, 1.54) is 12.1 Å². The summed E-state index contributed by atoms with van der Waals surface area (Å²) in [5.41, 5.74) is 0.133. The van der Waals surface area contributed by atoms with Crippen LogP contribution in [0.5, 0.6) is 5.75 Å². The fraction of sp³-hybridized carbons (Fsp3) is 0.300. The van der Waals surface area contributed by atoms with E-state index in [1.807, 2.05) is 13.8 Å². The van der Waals surface area contributed by atoms with Crippen molar-refractivity contribution in [2.75, 3.05) is 0 Å². The molecule has 0 saturated heterocycles. The first-order valence-electron chi connectivity index (χ1n) is 4.19. The van der Waals surface area contributed by atoms with Gasteiger partial charge in [0.15, 0.2) is 0 Å². The average Bonchev–Trinajstić information content (AvgIpc) is 2.01. The third kappa shape index (κ3) is 2.92. The van der Waals surface area contributed by atoms with E-state index in [0.717, 1.165) is 0 Å². The van der Waals surface area contributed by atoms with Crippen LogP contribution >= 0.6 is 11.6 Å². The molecule has 0 amide bonds. The van der Waals surface area contributed by atoms with Gasteiger partial charge in [-0.1, -0.05) is 11.6 Å². The molecule has 0 aromatic heterocycles. The first-order valence-corrected chi connectivity index (χ1v) is 4.57. The second-order valence-corrected chi connectivity index (χ2v) is 3.58. The topological polar surface area (TPSA) is 46.5 Å². The maximum atomic E-state index is 10.7. The van der Waals surface area contributed by atoms with Crippen molar-refractivity contribution < 1.29 is 14.6 Å². The highest BCUT2D eigenvalue weighted by atomic mass is 35.5. The van der Waals surface area contributed by atoms with E-state index in [4.69, 9.17) is 21.4 Å². The Kier molecular flexibility index (Phi) is 3.36. The molecule has 0 aliphatic carbocycles. The van der Waals surface area contributed by atoms with E-state index in [-0.39, 0.29) is 11.7 Å². The van der Waals surface area contributed by atoms with Crippen LogP contribution in [0.3, 0.4) is 0 Å². The minimum Gasteiger partial charge on any atom is -0.491 e. The highest BCUT2D eigenvalue weighted by molar-refractivity contribution is 6.31. The second-order valence-electron chi connectivity index (χ2n) is 3.15. The molecule has 1 aromatic carbocycles. The molecule has 0 bridgehead atoms. The minimum atomic E-state index is -1.01. The predicted octanol–water partition coefficient (Wildman–Crippen LogP) is 2.83. The van der Waals surface area contributed by atoms with Gasteiger partial charge >= 0.3 is 5.97 Å². The molecule has 0 fully saturated rings. The molecule has 14 heavy (non-hydrogen) atoms. The summed E-state index contributed by atoms with van der Waals surface area (Å²) in [5, 5.41) is 9.12. The molecule has 0 unspecified atom stereocenters. The monoisotopic (exact) mass is 214 g/mol. The molecule has 1 rings (SSSR count). The number of halogens is 1. The van der Waals surface area contributed by atoms with E-state index in [2.05, 4.69) is 0 Å². The fourth-order valence-corrected chi connectivity index (χ4v) is 1.25. The molecule has 0 aliphatic heterocycles. The van der Waals surface area contributed by atoms with Crippen LogP contribution in [0.4, 0.5) is 0 Å². The molecule has 0 heterocycles. The van der Waals surface area contributed by atoms with Crippen molar-refractivity contribution in [2.24, 2.45) is 0 Å². The van der Waals surface area contributed by atoms with Gasteiger partial charge in [0, 0.05) is 5.02 Å². The van der Waals surface area contributed by atoms with Crippen LogP contribution in [-0.4, -0.2) is 17.2 Å². The minimum absolute atomic E-state index is 0.00453. The second kappa shape index (κ2) is 4.33. The average molecular weight is 215 g/mol. The third-order valence-corrected chi connectivity index (χ3v) is 1.71. The predicted molar refractivity (Wildman–Crippen MR) is 54.2 cm³/mol.